The van der Waals surface area contributed by atoms with Crippen LogP contribution in [-0.2, 0) is 0 Å². The topological polar surface area (TPSA) is 65.2 Å². The second-order valence-electron chi connectivity index (χ2n) is 4.03. The molecule has 0 atom stereocenters. The number of hydrogen-bond acceptors (Lipinski definition) is 4. The standard InChI is InChI=1S/C12H14Cl2N2O2/c1-5-6(2)10(12(14)16-18)8(4)7(3)9(5)11(13)15-17/h17-18H,1-4H3/b15-11-,16-12-. The Morgan fingerprint density at radius 3 is 1.11 bits per heavy atom. The second kappa shape index (κ2) is 5.59. The summed E-state index contributed by atoms with van der Waals surface area (Å²) in [4.78, 5) is 0. The van der Waals surface area contributed by atoms with Gasteiger partial charge in [0.05, 0.1) is 0 Å². The third kappa shape index (κ3) is 2.31. The van der Waals surface area contributed by atoms with Crippen LogP contribution in [0.2, 0.25) is 0 Å². The summed E-state index contributed by atoms with van der Waals surface area (Å²) in [7, 11) is 0. The highest BCUT2D eigenvalue weighted by molar-refractivity contribution is 6.70. The van der Waals surface area contributed by atoms with Crippen LogP contribution < -0.4 is 0 Å². The minimum Gasteiger partial charge on any atom is -0.410 e. The largest absolute Gasteiger partial charge is 0.410 e. The lowest BCUT2D eigenvalue weighted by atomic mass is 9.89. The molecule has 4 nitrogen and oxygen atoms in total. The lowest BCUT2D eigenvalue weighted by Gasteiger charge is -2.18. The molecular formula is C12H14Cl2N2O2. The fourth-order valence-electron chi connectivity index (χ4n) is 2.03. The van der Waals surface area contributed by atoms with Gasteiger partial charge in [0.15, 0.2) is 10.3 Å². The first-order chi connectivity index (χ1) is 8.36. The predicted octanol–water partition coefficient (Wildman–Crippen LogP) is 3.67. The Balaban J connectivity index is 3.77. The molecule has 1 aromatic carbocycles. The van der Waals surface area contributed by atoms with Crippen LogP contribution in [0.5, 0.6) is 0 Å². The number of benzene rings is 1. The van der Waals surface area contributed by atoms with Gasteiger partial charge in [-0.1, -0.05) is 33.5 Å². The van der Waals surface area contributed by atoms with Crippen LogP contribution >= 0.6 is 23.2 Å². The third-order valence-electron chi connectivity index (χ3n) is 3.21. The van der Waals surface area contributed by atoms with Crippen LogP contribution in [0, 0.1) is 27.7 Å². The number of oxime groups is 2. The molecule has 18 heavy (non-hydrogen) atoms. The Morgan fingerprint density at radius 1 is 0.722 bits per heavy atom. The van der Waals surface area contributed by atoms with Crippen LogP contribution in [0.3, 0.4) is 0 Å². The smallest absolute Gasteiger partial charge is 0.175 e. The fraction of sp³-hybridized carbons (Fsp3) is 0.333. The van der Waals surface area contributed by atoms with Gasteiger partial charge in [0.2, 0.25) is 0 Å². The number of rotatable bonds is 2. The van der Waals surface area contributed by atoms with Crippen molar-refractivity contribution in [2.45, 2.75) is 27.7 Å². The molecule has 0 aromatic heterocycles. The predicted molar refractivity (Wildman–Crippen MR) is 73.7 cm³/mol. The Kier molecular flexibility index (Phi) is 4.59. The molecule has 0 saturated carbocycles. The summed E-state index contributed by atoms with van der Waals surface area (Å²) in [6.07, 6.45) is 0. The summed E-state index contributed by atoms with van der Waals surface area (Å²) in [6.45, 7) is 7.37. The van der Waals surface area contributed by atoms with Crippen molar-refractivity contribution in [1.29, 1.82) is 0 Å². The van der Waals surface area contributed by atoms with E-state index in [9.17, 15) is 0 Å². The van der Waals surface area contributed by atoms with E-state index in [4.69, 9.17) is 33.6 Å². The van der Waals surface area contributed by atoms with Gasteiger partial charge in [-0.2, -0.15) is 0 Å². The average molecular weight is 289 g/mol. The number of halogens is 2. The van der Waals surface area contributed by atoms with Crippen LogP contribution in [-0.4, -0.2) is 20.8 Å². The molecule has 0 saturated heterocycles. The molecule has 0 aliphatic rings. The molecule has 2 N–H and O–H groups in total. The normalized spacial score (nSPS) is 13.0. The first-order valence-corrected chi connectivity index (χ1v) is 5.98. The van der Waals surface area contributed by atoms with Crippen molar-refractivity contribution in [2.24, 2.45) is 10.3 Å². The molecule has 0 fully saturated rings. The molecule has 0 unspecified atom stereocenters. The third-order valence-corrected chi connectivity index (χ3v) is 3.74. The monoisotopic (exact) mass is 288 g/mol. The van der Waals surface area contributed by atoms with Crippen LogP contribution in [0.25, 0.3) is 0 Å². The fourth-order valence-corrected chi connectivity index (χ4v) is 2.60. The van der Waals surface area contributed by atoms with E-state index >= 15 is 0 Å². The highest BCUT2D eigenvalue weighted by Gasteiger charge is 2.20. The van der Waals surface area contributed by atoms with Gasteiger partial charge in [0.1, 0.15) is 0 Å². The quantitative estimate of drug-likeness (QED) is 0.495. The summed E-state index contributed by atoms with van der Waals surface area (Å²) in [5.74, 6) is 0. The molecular weight excluding hydrogens is 275 g/mol. The first-order valence-electron chi connectivity index (χ1n) is 5.23. The van der Waals surface area contributed by atoms with Crippen molar-refractivity contribution in [1.82, 2.24) is 0 Å². The van der Waals surface area contributed by atoms with E-state index < -0.39 is 0 Å². The molecule has 0 heterocycles. The summed E-state index contributed by atoms with van der Waals surface area (Å²) in [5, 5.41) is 23.7. The van der Waals surface area contributed by atoms with Gasteiger partial charge in [-0.15, -0.1) is 0 Å². The van der Waals surface area contributed by atoms with Gasteiger partial charge in [0.25, 0.3) is 0 Å². The molecule has 0 spiro atoms. The lowest BCUT2D eigenvalue weighted by Crippen LogP contribution is -2.10. The van der Waals surface area contributed by atoms with Crippen molar-refractivity contribution < 1.29 is 10.4 Å². The Bertz CT molecular complexity index is 473. The van der Waals surface area contributed by atoms with E-state index in [1.54, 1.807) is 0 Å². The summed E-state index contributed by atoms with van der Waals surface area (Å²) in [5.41, 5.74) is 4.66. The highest BCUT2D eigenvalue weighted by Crippen LogP contribution is 2.29. The van der Waals surface area contributed by atoms with Crippen LogP contribution in [0.4, 0.5) is 0 Å². The molecule has 0 aliphatic carbocycles. The molecule has 1 rings (SSSR count). The van der Waals surface area contributed by atoms with Crippen molar-refractivity contribution in [2.75, 3.05) is 0 Å². The second-order valence-corrected chi connectivity index (χ2v) is 4.75. The molecule has 0 bridgehead atoms. The van der Waals surface area contributed by atoms with Crippen molar-refractivity contribution in [3.63, 3.8) is 0 Å². The number of nitrogens with zero attached hydrogens (tertiary/aromatic N) is 2. The zero-order chi connectivity index (χ0) is 14.0. The van der Waals surface area contributed by atoms with E-state index in [2.05, 4.69) is 10.3 Å². The Hall–Kier alpha value is -1.26. The van der Waals surface area contributed by atoms with Crippen molar-refractivity contribution in [3.8, 4) is 0 Å². The Labute approximate surface area is 116 Å². The van der Waals surface area contributed by atoms with Crippen LogP contribution in [0.15, 0.2) is 10.3 Å². The van der Waals surface area contributed by atoms with E-state index in [1.807, 2.05) is 27.7 Å². The van der Waals surface area contributed by atoms with Crippen molar-refractivity contribution in [3.05, 3.63) is 33.4 Å². The molecule has 6 heteroatoms. The van der Waals surface area contributed by atoms with E-state index in [0.717, 1.165) is 22.3 Å². The minimum absolute atomic E-state index is 0.0276. The first kappa shape index (κ1) is 14.8. The molecule has 98 valence electrons. The zero-order valence-corrected chi connectivity index (χ0v) is 12.1. The van der Waals surface area contributed by atoms with E-state index in [0.29, 0.717) is 11.1 Å². The minimum atomic E-state index is 0.0276. The zero-order valence-electron chi connectivity index (χ0n) is 10.5. The Morgan fingerprint density at radius 2 is 0.944 bits per heavy atom. The number of hydrogen-bond donors (Lipinski definition) is 2. The lowest BCUT2D eigenvalue weighted by molar-refractivity contribution is 0.320. The van der Waals surface area contributed by atoms with Gasteiger partial charge in [-0.25, -0.2) is 0 Å². The maximum absolute atomic E-state index is 8.81. The summed E-state index contributed by atoms with van der Waals surface area (Å²) in [6, 6.07) is 0. The maximum atomic E-state index is 8.81. The highest BCUT2D eigenvalue weighted by atomic mass is 35.5. The van der Waals surface area contributed by atoms with Crippen molar-refractivity contribution >= 4 is 33.5 Å². The van der Waals surface area contributed by atoms with Crippen LogP contribution in [0.1, 0.15) is 33.4 Å². The van der Waals surface area contributed by atoms with E-state index in [1.165, 1.54) is 0 Å². The van der Waals surface area contributed by atoms with Gasteiger partial charge >= 0.3 is 0 Å². The summed E-state index contributed by atoms with van der Waals surface area (Å²) < 4.78 is 0. The molecule has 0 amide bonds. The van der Waals surface area contributed by atoms with E-state index in [-0.39, 0.29) is 10.3 Å². The summed E-state index contributed by atoms with van der Waals surface area (Å²) >= 11 is 11.8. The molecule has 0 aliphatic heterocycles. The molecule has 0 radical (unpaired) electrons. The van der Waals surface area contributed by atoms with Gasteiger partial charge in [-0.3, -0.25) is 0 Å². The van der Waals surface area contributed by atoms with Gasteiger partial charge < -0.3 is 10.4 Å². The van der Waals surface area contributed by atoms with Gasteiger partial charge in [0, 0.05) is 11.1 Å². The average Bonchev–Trinajstić information content (AvgIpc) is 2.36. The maximum Gasteiger partial charge on any atom is 0.175 e. The van der Waals surface area contributed by atoms with Gasteiger partial charge in [-0.05, 0) is 49.9 Å². The SMILES string of the molecule is Cc1c(C)c(/C(Cl)=N/O)c(C)c(C)c1/C(Cl)=N/O. The molecule has 1 aromatic rings.